The average molecular weight is 717 g/mol. The van der Waals surface area contributed by atoms with Gasteiger partial charge >= 0.3 is 255 Å². The van der Waals surface area contributed by atoms with Crippen LogP contribution in [-0.4, -0.2) is 9.52 Å². The molecular weight excluding hydrogens is 675 g/mol. The second-order valence-electron chi connectivity index (χ2n) is 13.1. The van der Waals surface area contributed by atoms with Gasteiger partial charge in [-0.25, -0.2) is 0 Å². The number of allylic oxidation sites excluding steroid dienone is 2. The predicted molar refractivity (Wildman–Crippen MR) is 178 cm³/mol. The molecule has 2 heteroatoms. The molecular formula is C39H42HfSi. The summed E-state index contributed by atoms with van der Waals surface area (Å²) in [5, 5.41) is 3.65. The first kappa shape index (κ1) is 27.3. The van der Waals surface area contributed by atoms with Gasteiger partial charge in [0.1, 0.15) is 0 Å². The van der Waals surface area contributed by atoms with Crippen molar-refractivity contribution in [3.63, 3.8) is 0 Å². The summed E-state index contributed by atoms with van der Waals surface area (Å²) in [4.78, 5) is 0. The van der Waals surface area contributed by atoms with Crippen LogP contribution in [0.15, 0.2) is 95.3 Å². The maximum absolute atomic E-state index is 2.77. The summed E-state index contributed by atoms with van der Waals surface area (Å²) >= 11 is -2.57. The Balaban J connectivity index is 1.35. The van der Waals surface area contributed by atoms with Crippen molar-refractivity contribution < 1.29 is 20.0 Å². The third kappa shape index (κ3) is 4.66. The Morgan fingerprint density at radius 1 is 0.634 bits per heavy atom. The van der Waals surface area contributed by atoms with Gasteiger partial charge in [-0.05, 0) is 0 Å². The summed E-state index contributed by atoms with van der Waals surface area (Å²) in [5.74, 6) is 0.623. The SMILES string of the molecule is CCc1ccccc1-c1cccc2c1C=C1[SiH2]C3=Cc4c(-c5ccccc5CC)cccc4[CH]3[Hf]([CH3])([CH3])[CH2]CCC12. The molecule has 0 saturated carbocycles. The van der Waals surface area contributed by atoms with Gasteiger partial charge in [0.15, 0.2) is 0 Å². The molecule has 4 aromatic rings. The van der Waals surface area contributed by atoms with Crippen molar-refractivity contribution in [1.29, 1.82) is 0 Å². The molecule has 206 valence electrons. The molecule has 0 bridgehead atoms. The van der Waals surface area contributed by atoms with Crippen LogP contribution in [0.5, 0.6) is 0 Å². The van der Waals surface area contributed by atoms with Gasteiger partial charge in [0.2, 0.25) is 0 Å². The molecule has 2 unspecified atom stereocenters. The normalized spacial score (nSPS) is 21.1. The molecule has 0 radical (unpaired) electrons. The number of hydrogen-bond acceptors (Lipinski definition) is 0. The molecule has 1 fully saturated rings. The predicted octanol–water partition coefficient (Wildman–Crippen LogP) is 10.3. The van der Waals surface area contributed by atoms with Crippen LogP contribution in [0.2, 0.25) is 13.5 Å². The second kappa shape index (κ2) is 10.9. The number of aryl methyl sites for hydroxylation is 2. The molecule has 0 N–H and O–H groups in total. The van der Waals surface area contributed by atoms with Gasteiger partial charge in [-0.1, -0.05) is 0 Å². The number of hydrogen-bond donors (Lipinski definition) is 0. The van der Waals surface area contributed by atoms with E-state index in [1.807, 2.05) is 5.20 Å². The Bertz CT molecular complexity index is 1700. The maximum atomic E-state index is 2.77. The molecule has 7 rings (SSSR count). The standard InChI is InChI=1S/C37H36Si.2CH3.Hf/c1-4-13-34-33-21-12-20-32(30-18-10-8-15-26(30)6-3)36(33)24-37(34)38-28-22-27-16-11-19-31(35(27)23-28)29-17-9-7-14-25(29)5-2;;;/h7-12,14-24,34H,1,4-6,13,38H2,2-3H3;2*1H3;. The fourth-order valence-electron chi connectivity index (χ4n) is 8.38. The summed E-state index contributed by atoms with van der Waals surface area (Å²) in [6, 6.07) is 32.6. The summed E-state index contributed by atoms with van der Waals surface area (Å²) in [5.41, 5.74) is 15.1. The quantitative estimate of drug-likeness (QED) is 0.185. The number of rotatable bonds is 4. The van der Waals surface area contributed by atoms with Crippen molar-refractivity contribution in [2.24, 2.45) is 0 Å². The van der Waals surface area contributed by atoms with Crippen molar-refractivity contribution in [2.45, 2.75) is 62.7 Å². The second-order valence-corrected chi connectivity index (χ2v) is 33.3. The van der Waals surface area contributed by atoms with E-state index >= 15 is 0 Å². The van der Waals surface area contributed by atoms with Crippen molar-refractivity contribution in [1.82, 2.24) is 0 Å². The van der Waals surface area contributed by atoms with Crippen LogP contribution >= 0.6 is 0 Å². The fourth-order valence-corrected chi connectivity index (χ4v) is 29.1. The van der Waals surface area contributed by atoms with E-state index in [-0.39, 0.29) is 0 Å². The van der Waals surface area contributed by atoms with E-state index in [4.69, 9.17) is 0 Å². The summed E-state index contributed by atoms with van der Waals surface area (Å²) in [7, 11) is -0.553. The zero-order valence-electron chi connectivity index (χ0n) is 25.1. The Kier molecular flexibility index (Phi) is 7.28. The van der Waals surface area contributed by atoms with Crippen molar-refractivity contribution in [2.75, 3.05) is 0 Å². The van der Waals surface area contributed by atoms with Crippen LogP contribution in [0.25, 0.3) is 34.4 Å². The topological polar surface area (TPSA) is 0 Å². The zero-order valence-corrected chi connectivity index (χ0v) is 30.1. The minimum atomic E-state index is -2.57. The van der Waals surface area contributed by atoms with Gasteiger partial charge in [-0.15, -0.1) is 0 Å². The Labute approximate surface area is 253 Å². The number of fused-ring (bicyclic) bond motifs is 6. The third-order valence-electron chi connectivity index (χ3n) is 10.3. The van der Waals surface area contributed by atoms with E-state index in [1.54, 1.807) is 21.9 Å². The molecule has 0 spiro atoms. The minimum absolute atomic E-state index is 0.553. The monoisotopic (exact) mass is 718 g/mol. The molecule has 0 nitrogen and oxygen atoms in total. The van der Waals surface area contributed by atoms with E-state index in [0.29, 0.717) is 5.92 Å². The Morgan fingerprint density at radius 2 is 1.17 bits per heavy atom. The van der Waals surface area contributed by atoms with Crippen LogP contribution in [0.3, 0.4) is 0 Å². The molecule has 2 aliphatic carbocycles. The van der Waals surface area contributed by atoms with Gasteiger partial charge in [0.05, 0.1) is 0 Å². The summed E-state index contributed by atoms with van der Waals surface area (Å²) < 4.78 is 7.79. The molecule has 3 aliphatic rings. The van der Waals surface area contributed by atoms with Crippen molar-refractivity contribution in [3.05, 3.63) is 129 Å². The molecule has 0 amide bonds. The van der Waals surface area contributed by atoms with E-state index in [9.17, 15) is 0 Å². The molecule has 1 heterocycles. The zero-order chi connectivity index (χ0) is 28.1. The Hall–Kier alpha value is -2.55. The van der Waals surface area contributed by atoms with E-state index in [2.05, 4.69) is 120 Å². The molecule has 1 aliphatic heterocycles. The molecule has 0 aromatic heterocycles. The first-order valence-corrected chi connectivity index (χ1v) is 29.0. The van der Waals surface area contributed by atoms with Gasteiger partial charge in [-0.3, -0.25) is 0 Å². The first-order valence-electron chi connectivity index (χ1n) is 15.8. The van der Waals surface area contributed by atoms with E-state index in [0.717, 1.165) is 16.5 Å². The van der Waals surface area contributed by atoms with E-state index < -0.39 is 29.5 Å². The van der Waals surface area contributed by atoms with Crippen LogP contribution in [-0.2, 0) is 32.8 Å². The van der Waals surface area contributed by atoms with Crippen LogP contribution in [0.1, 0.15) is 69.7 Å². The van der Waals surface area contributed by atoms with Crippen LogP contribution < -0.4 is 0 Å². The molecule has 41 heavy (non-hydrogen) atoms. The molecule has 1 saturated heterocycles. The average Bonchev–Trinajstić information content (AvgIpc) is 3.55. The van der Waals surface area contributed by atoms with Crippen molar-refractivity contribution in [3.8, 4) is 22.3 Å². The van der Waals surface area contributed by atoms with Crippen LogP contribution in [0.4, 0.5) is 0 Å². The summed E-state index contributed by atoms with van der Waals surface area (Å²) in [6.07, 6.45) is 10.3. The number of benzene rings is 4. The summed E-state index contributed by atoms with van der Waals surface area (Å²) in [6.45, 7) is 4.58. The third-order valence-corrected chi connectivity index (χ3v) is 27.9. The molecule has 2 atom stereocenters. The van der Waals surface area contributed by atoms with E-state index in [1.165, 1.54) is 56.0 Å². The van der Waals surface area contributed by atoms with Crippen LogP contribution in [0, 0.1) is 0 Å². The molecule has 4 aromatic carbocycles. The van der Waals surface area contributed by atoms with Gasteiger partial charge in [0.25, 0.3) is 0 Å². The van der Waals surface area contributed by atoms with Gasteiger partial charge in [0, 0.05) is 0 Å². The first-order chi connectivity index (χ1) is 20.0. The Morgan fingerprint density at radius 3 is 1.80 bits per heavy atom. The van der Waals surface area contributed by atoms with Gasteiger partial charge in [-0.2, -0.15) is 0 Å². The van der Waals surface area contributed by atoms with Crippen molar-refractivity contribution >= 4 is 21.7 Å². The fraction of sp³-hybridized carbons (Fsp3) is 0.282. The van der Waals surface area contributed by atoms with Gasteiger partial charge < -0.3 is 0 Å².